The summed E-state index contributed by atoms with van der Waals surface area (Å²) in [5.41, 5.74) is 7.84. The van der Waals surface area contributed by atoms with Gasteiger partial charge in [-0.3, -0.25) is 0 Å². The molecule has 2 N–H and O–H groups in total. The van der Waals surface area contributed by atoms with Gasteiger partial charge in [-0.2, -0.15) is 0 Å². The zero-order valence-corrected chi connectivity index (χ0v) is 12.7. The fourth-order valence-corrected chi connectivity index (χ4v) is 2.49. The molecule has 2 aromatic rings. The third kappa shape index (κ3) is 2.40. The van der Waals surface area contributed by atoms with Gasteiger partial charge >= 0.3 is 0 Å². The van der Waals surface area contributed by atoms with Crippen molar-refractivity contribution in [2.24, 2.45) is 7.05 Å². The lowest BCUT2D eigenvalue weighted by Gasteiger charge is -2.04. The molecule has 0 aliphatic heterocycles. The molecular weight excluding hydrogens is 314 g/mol. The third-order valence-corrected chi connectivity index (χ3v) is 3.82. The van der Waals surface area contributed by atoms with Crippen LogP contribution in [0.2, 0.25) is 5.02 Å². The fourth-order valence-electron chi connectivity index (χ4n) is 1.88. The summed E-state index contributed by atoms with van der Waals surface area (Å²) < 4.78 is 2.88. The first kappa shape index (κ1) is 13.4. The van der Waals surface area contributed by atoms with Crippen LogP contribution < -0.4 is 5.73 Å². The molecule has 0 saturated carbocycles. The molecule has 5 heteroatoms. The molecule has 0 bridgehead atoms. The van der Waals surface area contributed by atoms with E-state index >= 15 is 0 Å². The number of rotatable bonds is 3. The van der Waals surface area contributed by atoms with Crippen LogP contribution >= 0.6 is 27.5 Å². The van der Waals surface area contributed by atoms with E-state index < -0.39 is 0 Å². The van der Waals surface area contributed by atoms with E-state index in [9.17, 15) is 0 Å². The van der Waals surface area contributed by atoms with E-state index in [4.69, 9.17) is 17.3 Å². The average molecular weight is 329 g/mol. The van der Waals surface area contributed by atoms with Crippen molar-refractivity contribution in [2.75, 3.05) is 5.73 Å². The lowest BCUT2D eigenvalue weighted by molar-refractivity contribution is 0.764. The number of nitrogens with zero attached hydrogens (tertiary/aromatic N) is 2. The Hall–Kier alpha value is -1.00. The number of nitrogens with two attached hydrogens (primary N) is 1. The molecule has 2 rings (SSSR count). The highest BCUT2D eigenvalue weighted by molar-refractivity contribution is 9.10. The third-order valence-electron chi connectivity index (χ3n) is 2.89. The van der Waals surface area contributed by atoms with Crippen LogP contribution in [0.5, 0.6) is 0 Å². The van der Waals surface area contributed by atoms with Crippen molar-refractivity contribution in [3.63, 3.8) is 0 Å². The minimum atomic E-state index is 0.668. The van der Waals surface area contributed by atoms with Crippen LogP contribution in [0.4, 0.5) is 5.82 Å². The number of imidazole rings is 1. The highest BCUT2D eigenvalue weighted by Crippen LogP contribution is 2.34. The van der Waals surface area contributed by atoms with E-state index in [0.717, 1.165) is 34.4 Å². The lowest BCUT2D eigenvalue weighted by atomic mass is 10.1. The second kappa shape index (κ2) is 5.33. The highest BCUT2D eigenvalue weighted by atomic mass is 79.9. The predicted octanol–water partition coefficient (Wildman–Crippen LogP) is 4.04. The molecule has 0 aliphatic carbocycles. The van der Waals surface area contributed by atoms with Crippen LogP contribution in [0.3, 0.4) is 0 Å². The van der Waals surface area contributed by atoms with Gasteiger partial charge in [-0.25, -0.2) is 4.98 Å². The minimum Gasteiger partial charge on any atom is -0.383 e. The van der Waals surface area contributed by atoms with Gasteiger partial charge in [-0.1, -0.05) is 34.5 Å². The van der Waals surface area contributed by atoms with Crippen molar-refractivity contribution >= 4 is 33.3 Å². The molecule has 1 heterocycles. The van der Waals surface area contributed by atoms with E-state index in [1.165, 1.54) is 0 Å². The first-order valence-electron chi connectivity index (χ1n) is 5.81. The van der Waals surface area contributed by atoms with Gasteiger partial charge in [0.1, 0.15) is 17.3 Å². The Morgan fingerprint density at radius 3 is 2.83 bits per heavy atom. The van der Waals surface area contributed by atoms with Crippen molar-refractivity contribution in [1.29, 1.82) is 0 Å². The molecule has 0 fully saturated rings. The van der Waals surface area contributed by atoms with E-state index in [1.807, 2.05) is 29.8 Å². The highest BCUT2D eigenvalue weighted by Gasteiger charge is 2.15. The summed E-state index contributed by atoms with van der Waals surface area (Å²) in [5, 5.41) is 0.676. The summed E-state index contributed by atoms with van der Waals surface area (Å²) in [7, 11) is 1.94. The normalized spacial score (nSPS) is 10.9. The molecule has 3 nitrogen and oxygen atoms in total. The van der Waals surface area contributed by atoms with Crippen LogP contribution in [-0.4, -0.2) is 9.55 Å². The Kier molecular flexibility index (Phi) is 3.97. The van der Waals surface area contributed by atoms with E-state index in [2.05, 4.69) is 27.8 Å². The number of nitrogen functional groups attached to an aromatic ring is 1. The standard InChI is InChI=1S/C13H15BrClN3/c1-3-4-11-17-12(13(16)18(11)2)9-7-8(15)5-6-10(9)14/h5-7H,3-4,16H2,1-2H3. The first-order chi connectivity index (χ1) is 8.54. The summed E-state index contributed by atoms with van der Waals surface area (Å²) >= 11 is 9.54. The van der Waals surface area contributed by atoms with Crippen molar-refractivity contribution < 1.29 is 0 Å². The molecule has 0 amide bonds. The zero-order chi connectivity index (χ0) is 13.3. The topological polar surface area (TPSA) is 43.8 Å². The summed E-state index contributed by atoms with van der Waals surface area (Å²) in [4.78, 5) is 4.62. The van der Waals surface area contributed by atoms with Crippen LogP contribution in [0.25, 0.3) is 11.3 Å². The molecular formula is C13H15BrClN3. The second-order valence-corrected chi connectivity index (χ2v) is 5.49. The van der Waals surface area contributed by atoms with Crippen molar-refractivity contribution in [1.82, 2.24) is 9.55 Å². The minimum absolute atomic E-state index is 0.668. The number of aryl methyl sites for hydroxylation is 1. The lowest BCUT2D eigenvalue weighted by Crippen LogP contribution is -2.01. The fraction of sp³-hybridized carbons (Fsp3) is 0.308. The molecule has 0 saturated heterocycles. The largest absolute Gasteiger partial charge is 0.383 e. The number of aromatic nitrogens is 2. The van der Waals surface area contributed by atoms with E-state index in [1.54, 1.807) is 0 Å². The van der Waals surface area contributed by atoms with Crippen molar-refractivity contribution in [2.45, 2.75) is 19.8 Å². The molecule has 1 aromatic heterocycles. The molecule has 18 heavy (non-hydrogen) atoms. The smallest absolute Gasteiger partial charge is 0.131 e. The first-order valence-corrected chi connectivity index (χ1v) is 6.98. The Morgan fingerprint density at radius 1 is 1.44 bits per heavy atom. The summed E-state index contributed by atoms with van der Waals surface area (Å²) in [6.45, 7) is 2.12. The van der Waals surface area contributed by atoms with Crippen molar-refractivity contribution in [3.8, 4) is 11.3 Å². The molecule has 0 spiro atoms. The molecule has 0 atom stereocenters. The zero-order valence-electron chi connectivity index (χ0n) is 10.4. The number of anilines is 1. The average Bonchev–Trinajstić information content (AvgIpc) is 2.61. The van der Waals surface area contributed by atoms with E-state index in [-0.39, 0.29) is 0 Å². The van der Waals surface area contributed by atoms with E-state index in [0.29, 0.717) is 10.8 Å². The number of benzene rings is 1. The van der Waals surface area contributed by atoms with Gasteiger partial charge in [-0.15, -0.1) is 0 Å². The molecule has 0 radical (unpaired) electrons. The summed E-state index contributed by atoms with van der Waals surface area (Å²) in [5.74, 6) is 1.67. The van der Waals surface area contributed by atoms with Gasteiger partial charge in [0.2, 0.25) is 0 Å². The number of halogens is 2. The summed E-state index contributed by atoms with van der Waals surface area (Å²) in [6.07, 6.45) is 1.96. The van der Waals surface area contributed by atoms with Crippen LogP contribution in [0.1, 0.15) is 19.2 Å². The maximum absolute atomic E-state index is 6.12. The Bertz CT molecular complexity index is 578. The Balaban J connectivity index is 2.57. The molecule has 0 unspecified atom stereocenters. The second-order valence-electron chi connectivity index (χ2n) is 4.20. The SMILES string of the molecule is CCCc1nc(-c2cc(Cl)ccc2Br)c(N)n1C. The number of hydrogen-bond acceptors (Lipinski definition) is 2. The van der Waals surface area contributed by atoms with Gasteiger partial charge < -0.3 is 10.3 Å². The van der Waals surface area contributed by atoms with Gasteiger partial charge in [0.05, 0.1) is 0 Å². The van der Waals surface area contributed by atoms with Crippen LogP contribution in [-0.2, 0) is 13.5 Å². The van der Waals surface area contributed by atoms with Gasteiger partial charge in [0.15, 0.2) is 0 Å². The molecule has 96 valence electrons. The van der Waals surface area contributed by atoms with Gasteiger partial charge in [0, 0.05) is 28.5 Å². The Morgan fingerprint density at radius 2 is 2.17 bits per heavy atom. The maximum Gasteiger partial charge on any atom is 0.131 e. The maximum atomic E-state index is 6.12. The molecule has 0 aliphatic rings. The van der Waals surface area contributed by atoms with Crippen LogP contribution in [0.15, 0.2) is 22.7 Å². The van der Waals surface area contributed by atoms with Crippen molar-refractivity contribution in [3.05, 3.63) is 33.5 Å². The Labute approximate surface area is 120 Å². The van der Waals surface area contributed by atoms with Gasteiger partial charge in [-0.05, 0) is 24.6 Å². The van der Waals surface area contributed by atoms with Crippen LogP contribution in [0, 0.1) is 0 Å². The van der Waals surface area contributed by atoms with Gasteiger partial charge in [0.25, 0.3) is 0 Å². The number of hydrogen-bond donors (Lipinski definition) is 1. The monoisotopic (exact) mass is 327 g/mol. The summed E-state index contributed by atoms with van der Waals surface area (Å²) in [6, 6.07) is 5.62. The molecule has 1 aromatic carbocycles. The quantitative estimate of drug-likeness (QED) is 0.924. The predicted molar refractivity (Wildman–Crippen MR) is 79.8 cm³/mol.